The van der Waals surface area contributed by atoms with Crippen molar-refractivity contribution in [1.29, 1.82) is 0 Å². The molecule has 0 aromatic carbocycles. The monoisotopic (exact) mass is 212 g/mol. The Labute approximate surface area is 97.8 Å². The molecule has 0 saturated heterocycles. The third-order valence-electron chi connectivity index (χ3n) is 4.50. The Hall–Kier alpha value is 0. The fourth-order valence-corrected chi connectivity index (χ4v) is 2.50. The molecule has 92 valence electrons. The van der Waals surface area contributed by atoms with Gasteiger partial charge in [-0.2, -0.15) is 0 Å². The third kappa shape index (κ3) is 4.57. The Bertz CT molecular complexity index is 148. The summed E-state index contributed by atoms with van der Waals surface area (Å²) in [5, 5.41) is 0. The standard InChI is InChI=1S/C15H32/c1-7-9-11-14(5)15(6,13(3)4)12-10-8-2/h13-14H,7-12H2,1-6H3. The molecule has 0 heteroatoms. The van der Waals surface area contributed by atoms with Crippen molar-refractivity contribution >= 4 is 0 Å². The van der Waals surface area contributed by atoms with E-state index >= 15 is 0 Å². The molecular weight excluding hydrogens is 180 g/mol. The van der Waals surface area contributed by atoms with Crippen molar-refractivity contribution in [3.8, 4) is 0 Å². The lowest BCUT2D eigenvalue weighted by molar-refractivity contribution is 0.0997. The van der Waals surface area contributed by atoms with Gasteiger partial charge in [-0.1, -0.05) is 73.6 Å². The molecule has 0 aromatic rings. The minimum atomic E-state index is 0.561. The van der Waals surface area contributed by atoms with Gasteiger partial charge in [-0.3, -0.25) is 0 Å². The molecule has 0 heterocycles. The highest BCUT2D eigenvalue weighted by molar-refractivity contribution is 4.82. The van der Waals surface area contributed by atoms with Crippen LogP contribution in [0.1, 0.15) is 80.1 Å². The van der Waals surface area contributed by atoms with Crippen LogP contribution >= 0.6 is 0 Å². The first-order valence-corrected chi connectivity index (χ1v) is 6.99. The fraction of sp³-hybridized carbons (Fsp3) is 1.00. The summed E-state index contributed by atoms with van der Waals surface area (Å²) in [7, 11) is 0. The summed E-state index contributed by atoms with van der Waals surface area (Å²) < 4.78 is 0. The van der Waals surface area contributed by atoms with Gasteiger partial charge >= 0.3 is 0 Å². The minimum absolute atomic E-state index is 0.561. The Morgan fingerprint density at radius 2 is 1.47 bits per heavy atom. The molecule has 0 aromatic heterocycles. The van der Waals surface area contributed by atoms with Gasteiger partial charge in [0.05, 0.1) is 0 Å². The Morgan fingerprint density at radius 3 is 1.87 bits per heavy atom. The Balaban J connectivity index is 4.33. The normalized spacial score (nSPS) is 17.8. The van der Waals surface area contributed by atoms with Crippen molar-refractivity contribution in [2.45, 2.75) is 80.1 Å². The van der Waals surface area contributed by atoms with E-state index in [0.29, 0.717) is 5.41 Å². The summed E-state index contributed by atoms with van der Waals surface area (Å²) in [6.45, 7) is 14.4. The number of hydrogen-bond acceptors (Lipinski definition) is 0. The molecule has 0 N–H and O–H groups in total. The summed E-state index contributed by atoms with van der Waals surface area (Å²) in [5.74, 6) is 1.69. The zero-order valence-electron chi connectivity index (χ0n) is 11.9. The third-order valence-corrected chi connectivity index (χ3v) is 4.50. The van der Waals surface area contributed by atoms with E-state index in [9.17, 15) is 0 Å². The van der Waals surface area contributed by atoms with Gasteiger partial charge < -0.3 is 0 Å². The highest BCUT2D eigenvalue weighted by atomic mass is 14.4. The predicted octanol–water partition coefficient (Wildman–Crippen LogP) is 5.67. The average molecular weight is 212 g/mol. The maximum atomic E-state index is 2.51. The zero-order chi connectivity index (χ0) is 11.9. The maximum Gasteiger partial charge on any atom is -0.0277 e. The van der Waals surface area contributed by atoms with E-state index in [4.69, 9.17) is 0 Å². The molecule has 0 bridgehead atoms. The van der Waals surface area contributed by atoms with Crippen LogP contribution in [0.15, 0.2) is 0 Å². The molecule has 2 atom stereocenters. The molecule has 0 fully saturated rings. The zero-order valence-corrected chi connectivity index (χ0v) is 11.9. The van der Waals surface area contributed by atoms with Gasteiger partial charge in [-0.15, -0.1) is 0 Å². The molecule has 0 amide bonds. The molecule has 2 unspecified atom stereocenters. The summed E-state index contributed by atoms with van der Waals surface area (Å²) >= 11 is 0. The lowest BCUT2D eigenvalue weighted by Crippen LogP contribution is -2.31. The van der Waals surface area contributed by atoms with Crippen molar-refractivity contribution in [3.63, 3.8) is 0 Å². The van der Waals surface area contributed by atoms with Crippen molar-refractivity contribution < 1.29 is 0 Å². The van der Waals surface area contributed by atoms with Crippen LogP contribution in [0.4, 0.5) is 0 Å². The van der Waals surface area contributed by atoms with Crippen molar-refractivity contribution in [2.75, 3.05) is 0 Å². The van der Waals surface area contributed by atoms with Gasteiger partial charge in [0.2, 0.25) is 0 Å². The molecular formula is C15H32. The number of hydrogen-bond donors (Lipinski definition) is 0. The Kier molecular flexibility index (Phi) is 7.30. The van der Waals surface area contributed by atoms with Crippen molar-refractivity contribution in [1.82, 2.24) is 0 Å². The van der Waals surface area contributed by atoms with Crippen LogP contribution in [0, 0.1) is 17.3 Å². The molecule has 0 saturated carbocycles. The van der Waals surface area contributed by atoms with E-state index < -0.39 is 0 Å². The largest absolute Gasteiger partial charge is 0.0654 e. The average Bonchev–Trinajstić information content (AvgIpc) is 2.21. The van der Waals surface area contributed by atoms with Crippen LogP contribution in [0.5, 0.6) is 0 Å². The van der Waals surface area contributed by atoms with Gasteiger partial charge in [0.15, 0.2) is 0 Å². The molecule has 15 heavy (non-hydrogen) atoms. The van der Waals surface area contributed by atoms with Gasteiger partial charge in [0, 0.05) is 0 Å². The fourth-order valence-electron chi connectivity index (χ4n) is 2.50. The first-order chi connectivity index (χ1) is 6.99. The number of rotatable bonds is 8. The second-order valence-corrected chi connectivity index (χ2v) is 5.81. The van der Waals surface area contributed by atoms with Gasteiger partial charge in [0.25, 0.3) is 0 Å². The SMILES string of the molecule is CCCCC(C)C(C)(CCCC)C(C)C. The smallest absolute Gasteiger partial charge is 0.0277 e. The van der Waals surface area contributed by atoms with Gasteiger partial charge in [-0.05, 0) is 23.7 Å². The van der Waals surface area contributed by atoms with E-state index in [1.165, 1.54) is 38.5 Å². The van der Waals surface area contributed by atoms with Crippen LogP contribution in [0.3, 0.4) is 0 Å². The van der Waals surface area contributed by atoms with Crippen LogP contribution in [-0.4, -0.2) is 0 Å². The lowest BCUT2D eigenvalue weighted by atomic mass is 9.65. The second-order valence-electron chi connectivity index (χ2n) is 5.81. The van der Waals surface area contributed by atoms with Crippen LogP contribution in [0.2, 0.25) is 0 Å². The topological polar surface area (TPSA) is 0 Å². The van der Waals surface area contributed by atoms with Crippen molar-refractivity contribution in [2.24, 2.45) is 17.3 Å². The minimum Gasteiger partial charge on any atom is -0.0654 e. The molecule has 0 aliphatic heterocycles. The van der Waals surface area contributed by atoms with Gasteiger partial charge in [0.1, 0.15) is 0 Å². The highest BCUT2D eigenvalue weighted by Gasteiger charge is 2.32. The second kappa shape index (κ2) is 7.30. The van der Waals surface area contributed by atoms with E-state index in [1.54, 1.807) is 0 Å². The van der Waals surface area contributed by atoms with Crippen molar-refractivity contribution in [3.05, 3.63) is 0 Å². The number of unbranched alkanes of at least 4 members (excludes halogenated alkanes) is 2. The molecule has 0 aliphatic rings. The first-order valence-electron chi connectivity index (χ1n) is 6.99. The van der Waals surface area contributed by atoms with Crippen LogP contribution < -0.4 is 0 Å². The predicted molar refractivity (Wildman–Crippen MR) is 71.2 cm³/mol. The summed E-state index contributed by atoms with van der Waals surface area (Å²) in [4.78, 5) is 0. The van der Waals surface area contributed by atoms with Crippen LogP contribution in [0.25, 0.3) is 0 Å². The Morgan fingerprint density at radius 1 is 0.933 bits per heavy atom. The summed E-state index contributed by atoms with van der Waals surface area (Å²) in [6, 6.07) is 0. The highest BCUT2D eigenvalue weighted by Crippen LogP contribution is 2.42. The van der Waals surface area contributed by atoms with Crippen LogP contribution in [-0.2, 0) is 0 Å². The summed E-state index contributed by atoms with van der Waals surface area (Å²) in [5.41, 5.74) is 0.561. The maximum absolute atomic E-state index is 2.51. The molecule has 0 spiro atoms. The first kappa shape index (κ1) is 15.0. The quantitative estimate of drug-likeness (QED) is 0.486. The molecule has 0 nitrogen and oxygen atoms in total. The molecule has 0 radical (unpaired) electrons. The van der Waals surface area contributed by atoms with E-state index in [-0.39, 0.29) is 0 Å². The van der Waals surface area contributed by atoms with Gasteiger partial charge in [-0.25, -0.2) is 0 Å². The lowest BCUT2D eigenvalue weighted by Gasteiger charge is -2.40. The summed E-state index contributed by atoms with van der Waals surface area (Å²) in [6.07, 6.45) is 8.29. The molecule has 0 rings (SSSR count). The molecule has 0 aliphatic carbocycles. The van der Waals surface area contributed by atoms with E-state index in [2.05, 4.69) is 41.5 Å². The van der Waals surface area contributed by atoms with E-state index in [0.717, 1.165) is 11.8 Å². The van der Waals surface area contributed by atoms with E-state index in [1.807, 2.05) is 0 Å².